The molecule has 2 aromatic carbocycles. The summed E-state index contributed by atoms with van der Waals surface area (Å²) in [6.07, 6.45) is 1.71. The third-order valence-corrected chi connectivity index (χ3v) is 4.07. The maximum Gasteiger partial charge on any atom is 0.199 e. The Morgan fingerprint density at radius 3 is 2.65 bits per heavy atom. The molecule has 3 rings (SSSR count). The lowest BCUT2D eigenvalue weighted by molar-refractivity contribution is 0.412. The van der Waals surface area contributed by atoms with Gasteiger partial charge in [0, 0.05) is 6.42 Å². The topological polar surface area (TPSA) is 42.8 Å². The molecule has 4 nitrogen and oxygen atoms in total. The molecular weight excluding hydrogens is 306 g/mol. The molecule has 0 amide bonds. The molecule has 23 heavy (non-hydrogen) atoms. The molecule has 0 saturated heterocycles. The minimum absolute atomic E-state index is 0.581. The molecule has 0 saturated carbocycles. The third-order valence-electron chi connectivity index (χ3n) is 3.80. The predicted octanol–water partition coefficient (Wildman–Crippen LogP) is 4.03. The van der Waals surface area contributed by atoms with Crippen LogP contribution >= 0.6 is 12.2 Å². The predicted molar refractivity (Wildman–Crippen MR) is 93.9 cm³/mol. The molecule has 0 aliphatic rings. The second kappa shape index (κ2) is 6.79. The molecule has 0 bridgehead atoms. The lowest BCUT2D eigenvalue weighted by Gasteiger charge is -2.12. The van der Waals surface area contributed by atoms with Crippen LogP contribution in [-0.2, 0) is 12.8 Å². The smallest absolute Gasteiger partial charge is 0.199 e. The number of methoxy groups -OCH3 is 1. The number of nitrogens with zero attached hydrogens (tertiary/aromatic N) is 2. The van der Waals surface area contributed by atoms with E-state index in [0.717, 1.165) is 35.7 Å². The fraction of sp³-hybridized carbons (Fsp3) is 0.222. The van der Waals surface area contributed by atoms with Gasteiger partial charge in [-0.15, -0.1) is 0 Å². The quantitative estimate of drug-likeness (QED) is 0.720. The first-order valence-corrected chi connectivity index (χ1v) is 7.95. The number of hydrogen-bond donors (Lipinski definition) is 1. The number of aryl methyl sites for hydroxylation is 3. The zero-order valence-corrected chi connectivity index (χ0v) is 14.1. The number of nitrogens with one attached hydrogen (secondary N) is 1. The number of aromatic nitrogens is 3. The van der Waals surface area contributed by atoms with Gasteiger partial charge in [-0.3, -0.25) is 9.67 Å². The Balaban J connectivity index is 1.96. The van der Waals surface area contributed by atoms with Crippen molar-refractivity contribution >= 4 is 12.2 Å². The van der Waals surface area contributed by atoms with Crippen LogP contribution in [0, 0.1) is 11.7 Å². The fourth-order valence-electron chi connectivity index (χ4n) is 2.62. The van der Waals surface area contributed by atoms with E-state index in [0.29, 0.717) is 4.77 Å². The van der Waals surface area contributed by atoms with Gasteiger partial charge >= 0.3 is 0 Å². The second-order valence-electron chi connectivity index (χ2n) is 5.44. The van der Waals surface area contributed by atoms with E-state index in [9.17, 15) is 0 Å². The van der Waals surface area contributed by atoms with Crippen LogP contribution in [0.4, 0.5) is 0 Å². The molecule has 0 fully saturated rings. The summed E-state index contributed by atoms with van der Waals surface area (Å²) >= 11 is 5.43. The van der Waals surface area contributed by atoms with Gasteiger partial charge < -0.3 is 4.74 Å². The minimum Gasteiger partial charge on any atom is -0.495 e. The van der Waals surface area contributed by atoms with Crippen LogP contribution in [0.1, 0.15) is 17.0 Å². The molecule has 5 heteroatoms. The standard InChI is InChI=1S/C18H19N3OS/c1-13-8-10-16(22-2)15(12-13)21-17(19-20-18(21)23)11-9-14-6-4-3-5-7-14/h3-8,10,12H,9,11H2,1-2H3,(H,20,23). The van der Waals surface area contributed by atoms with Crippen LogP contribution in [0.25, 0.3) is 5.69 Å². The minimum atomic E-state index is 0.581. The molecule has 118 valence electrons. The molecule has 0 spiro atoms. The zero-order valence-electron chi connectivity index (χ0n) is 13.2. The van der Waals surface area contributed by atoms with Crippen molar-refractivity contribution in [3.63, 3.8) is 0 Å². The number of benzene rings is 2. The average molecular weight is 325 g/mol. The average Bonchev–Trinajstić information content (AvgIpc) is 2.94. The fourth-order valence-corrected chi connectivity index (χ4v) is 2.87. The molecule has 1 N–H and O–H groups in total. The van der Waals surface area contributed by atoms with Crippen molar-refractivity contribution in [2.75, 3.05) is 7.11 Å². The highest BCUT2D eigenvalue weighted by atomic mass is 32.1. The second-order valence-corrected chi connectivity index (χ2v) is 5.83. The van der Waals surface area contributed by atoms with E-state index in [-0.39, 0.29) is 0 Å². The molecule has 0 aliphatic carbocycles. The van der Waals surface area contributed by atoms with E-state index in [1.54, 1.807) is 7.11 Å². The first-order chi connectivity index (χ1) is 11.2. The van der Waals surface area contributed by atoms with Crippen LogP contribution in [0.3, 0.4) is 0 Å². The lowest BCUT2D eigenvalue weighted by Crippen LogP contribution is -2.05. The number of H-pyrrole nitrogens is 1. The third kappa shape index (κ3) is 3.35. The Bertz CT molecular complexity index is 852. The molecule has 0 radical (unpaired) electrons. The van der Waals surface area contributed by atoms with E-state index in [1.807, 2.05) is 22.8 Å². The summed E-state index contributed by atoms with van der Waals surface area (Å²) in [4.78, 5) is 0. The first kappa shape index (κ1) is 15.5. The van der Waals surface area contributed by atoms with Gasteiger partial charge in [0.1, 0.15) is 11.6 Å². The number of aromatic amines is 1. The summed E-state index contributed by atoms with van der Waals surface area (Å²) in [7, 11) is 1.67. The maximum absolute atomic E-state index is 5.49. The Hall–Kier alpha value is -2.40. The van der Waals surface area contributed by atoms with Gasteiger partial charge in [-0.1, -0.05) is 36.4 Å². The van der Waals surface area contributed by atoms with E-state index in [1.165, 1.54) is 5.56 Å². The van der Waals surface area contributed by atoms with Crippen LogP contribution in [0.2, 0.25) is 0 Å². The first-order valence-electron chi connectivity index (χ1n) is 7.54. The summed E-state index contributed by atoms with van der Waals surface area (Å²) in [5, 5.41) is 7.31. The van der Waals surface area contributed by atoms with Gasteiger partial charge in [0.15, 0.2) is 4.77 Å². The molecule has 0 aliphatic heterocycles. The molecule has 1 aromatic heterocycles. The van der Waals surface area contributed by atoms with Crippen molar-refractivity contribution in [1.82, 2.24) is 14.8 Å². The highest BCUT2D eigenvalue weighted by Gasteiger charge is 2.13. The molecule has 3 aromatic rings. The lowest BCUT2D eigenvalue weighted by atomic mass is 10.1. The van der Waals surface area contributed by atoms with Gasteiger partial charge in [0.25, 0.3) is 0 Å². The van der Waals surface area contributed by atoms with Crippen LogP contribution in [0.5, 0.6) is 5.75 Å². The molecular formula is C18H19N3OS. The number of ether oxygens (including phenoxy) is 1. The van der Waals surface area contributed by atoms with Crippen molar-refractivity contribution in [2.45, 2.75) is 19.8 Å². The van der Waals surface area contributed by atoms with Crippen molar-refractivity contribution in [3.05, 3.63) is 70.3 Å². The van der Waals surface area contributed by atoms with Crippen LogP contribution < -0.4 is 4.74 Å². The number of rotatable bonds is 5. The van der Waals surface area contributed by atoms with Crippen molar-refractivity contribution in [1.29, 1.82) is 0 Å². The summed E-state index contributed by atoms with van der Waals surface area (Å²) in [6.45, 7) is 2.05. The monoisotopic (exact) mass is 325 g/mol. The Morgan fingerprint density at radius 1 is 1.13 bits per heavy atom. The molecule has 1 heterocycles. The highest BCUT2D eigenvalue weighted by molar-refractivity contribution is 7.71. The highest BCUT2D eigenvalue weighted by Crippen LogP contribution is 2.25. The number of hydrogen-bond acceptors (Lipinski definition) is 3. The van der Waals surface area contributed by atoms with E-state index >= 15 is 0 Å². The van der Waals surface area contributed by atoms with Crippen molar-refractivity contribution in [2.24, 2.45) is 0 Å². The summed E-state index contributed by atoms with van der Waals surface area (Å²) < 4.78 is 8.03. The largest absolute Gasteiger partial charge is 0.495 e. The molecule has 0 atom stereocenters. The Kier molecular flexibility index (Phi) is 4.57. The summed E-state index contributed by atoms with van der Waals surface area (Å²) in [6, 6.07) is 16.4. The Labute approximate surface area is 140 Å². The maximum atomic E-state index is 5.49. The van der Waals surface area contributed by atoms with Crippen molar-refractivity contribution in [3.8, 4) is 11.4 Å². The van der Waals surface area contributed by atoms with Gasteiger partial charge in [-0.05, 0) is 48.8 Å². The summed E-state index contributed by atoms with van der Waals surface area (Å²) in [5.74, 6) is 1.69. The van der Waals surface area contributed by atoms with Crippen molar-refractivity contribution < 1.29 is 4.74 Å². The van der Waals surface area contributed by atoms with E-state index < -0.39 is 0 Å². The van der Waals surface area contributed by atoms with E-state index in [4.69, 9.17) is 17.0 Å². The van der Waals surface area contributed by atoms with Crippen LogP contribution in [0.15, 0.2) is 48.5 Å². The SMILES string of the molecule is COc1ccc(C)cc1-n1c(CCc2ccccc2)n[nH]c1=S. The van der Waals surface area contributed by atoms with Gasteiger partial charge in [-0.25, -0.2) is 0 Å². The van der Waals surface area contributed by atoms with Gasteiger partial charge in [-0.2, -0.15) is 5.10 Å². The van der Waals surface area contributed by atoms with Gasteiger partial charge in [0.05, 0.1) is 12.8 Å². The Morgan fingerprint density at radius 2 is 1.91 bits per heavy atom. The van der Waals surface area contributed by atoms with Crippen LogP contribution in [-0.4, -0.2) is 21.9 Å². The molecule has 0 unspecified atom stereocenters. The van der Waals surface area contributed by atoms with Gasteiger partial charge in [0.2, 0.25) is 0 Å². The van der Waals surface area contributed by atoms with E-state index in [2.05, 4.69) is 47.5 Å². The zero-order chi connectivity index (χ0) is 16.2. The normalized spacial score (nSPS) is 10.7. The summed E-state index contributed by atoms with van der Waals surface area (Å²) in [5.41, 5.74) is 3.36.